The molecule has 3 aromatic rings. The highest BCUT2D eigenvalue weighted by Gasteiger charge is 2.31. The maximum atomic E-state index is 13.5. The molecule has 0 bridgehead atoms. The Morgan fingerprint density at radius 1 is 1.00 bits per heavy atom. The molecule has 0 saturated heterocycles. The molecule has 4 rings (SSSR count). The normalized spacial score (nSPS) is 14.6. The molecule has 2 N–H and O–H groups in total. The zero-order chi connectivity index (χ0) is 30.1. The van der Waals surface area contributed by atoms with Crippen molar-refractivity contribution in [3.63, 3.8) is 0 Å². The van der Waals surface area contributed by atoms with Crippen LogP contribution in [0.3, 0.4) is 0 Å². The summed E-state index contributed by atoms with van der Waals surface area (Å²) >= 11 is 0. The van der Waals surface area contributed by atoms with E-state index in [0.717, 1.165) is 34.4 Å². The number of sulfonamides is 1. The smallest absolute Gasteiger partial charge is 0.259 e. The molecule has 1 aliphatic rings. The van der Waals surface area contributed by atoms with Crippen molar-refractivity contribution in [3.05, 3.63) is 101 Å². The SMILES string of the molecule is COc1ccc(C2=CN(CCCOc3cccc(COCC(=O)NS(C)(=O)=O)c3)C(C(=O)c3ccc(C)cc3)N2)cc1. The first-order valence-corrected chi connectivity index (χ1v) is 15.3. The van der Waals surface area contributed by atoms with E-state index >= 15 is 0 Å². The van der Waals surface area contributed by atoms with E-state index < -0.39 is 22.1 Å². The van der Waals surface area contributed by atoms with Gasteiger partial charge in [-0.1, -0.05) is 42.0 Å². The minimum atomic E-state index is -3.62. The zero-order valence-corrected chi connectivity index (χ0v) is 24.6. The van der Waals surface area contributed by atoms with Gasteiger partial charge in [0.15, 0.2) is 6.17 Å². The number of methoxy groups -OCH3 is 1. The number of hydrogen-bond donors (Lipinski definition) is 2. The first-order chi connectivity index (χ1) is 20.1. The second-order valence-electron chi connectivity index (χ2n) is 9.93. The highest BCUT2D eigenvalue weighted by Crippen LogP contribution is 2.25. The van der Waals surface area contributed by atoms with Crippen LogP contribution in [0.5, 0.6) is 11.5 Å². The predicted octanol–water partition coefficient (Wildman–Crippen LogP) is 3.48. The molecule has 0 saturated carbocycles. The molecular weight excluding hydrogens is 558 g/mol. The van der Waals surface area contributed by atoms with E-state index in [-0.39, 0.29) is 19.0 Å². The standard InChI is InChI=1S/C31H35N3O7S/c1-22-8-10-25(11-9-22)30(36)31-32-28(24-12-14-26(39-2)15-13-24)19-34(31)16-5-17-41-27-7-4-6-23(18-27)20-40-21-29(35)33-42(3,37)38/h4,6-15,18-19,31-32H,5,16-17,20-21H2,1-3H3,(H,33,35). The first kappa shape index (κ1) is 30.6. The van der Waals surface area contributed by atoms with Crippen LogP contribution in [-0.2, 0) is 26.2 Å². The number of carbonyl (C=O) groups excluding carboxylic acids is 2. The number of aryl methyl sites for hydroxylation is 1. The van der Waals surface area contributed by atoms with Crippen molar-refractivity contribution >= 4 is 27.4 Å². The lowest BCUT2D eigenvalue weighted by molar-refractivity contribution is -0.124. The minimum absolute atomic E-state index is 0.0198. The third-order valence-electron chi connectivity index (χ3n) is 6.43. The molecule has 10 nitrogen and oxygen atoms in total. The molecule has 222 valence electrons. The second-order valence-corrected chi connectivity index (χ2v) is 11.7. The van der Waals surface area contributed by atoms with Crippen molar-refractivity contribution in [1.29, 1.82) is 0 Å². The molecule has 1 amide bonds. The number of carbonyl (C=O) groups is 2. The number of ether oxygens (including phenoxy) is 3. The van der Waals surface area contributed by atoms with E-state index in [1.807, 2.05) is 89.5 Å². The van der Waals surface area contributed by atoms with Gasteiger partial charge >= 0.3 is 0 Å². The van der Waals surface area contributed by atoms with Crippen LogP contribution in [0.4, 0.5) is 0 Å². The highest BCUT2D eigenvalue weighted by molar-refractivity contribution is 7.89. The number of nitrogens with one attached hydrogen (secondary N) is 2. The van der Waals surface area contributed by atoms with Gasteiger partial charge in [-0.05, 0) is 60.9 Å². The number of benzene rings is 3. The predicted molar refractivity (Wildman–Crippen MR) is 159 cm³/mol. The average Bonchev–Trinajstić information content (AvgIpc) is 3.39. The van der Waals surface area contributed by atoms with Crippen molar-refractivity contribution in [2.45, 2.75) is 26.1 Å². The molecule has 1 atom stereocenters. The average molecular weight is 594 g/mol. The summed E-state index contributed by atoms with van der Waals surface area (Å²) in [6.45, 7) is 2.72. The van der Waals surface area contributed by atoms with Gasteiger partial charge in [0.25, 0.3) is 5.91 Å². The summed E-state index contributed by atoms with van der Waals surface area (Å²) in [6.07, 6.45) is 2.98. The molecule has 11 heteroatoms. The van der Waals surface area contributed by atoms with Crippen molar-refractivity contribution in [1.82, 2.24) is 14.9 Å². The van der Waals surface area contributed by atoms with E-state index in [0.29, 0.717) is 30.9 Å². The van der Waals surface area contributed by atoms with Gasteiger partial charge in [0, 0.05) is 18.3 Å². The fourth-order valence-corrected chi connectivity index (χ4v) is 4.85. The van der Waals surface area contributed by atoms with Crippen LogP contribution in [0.1, 0.15) is 33.5 Å². The molecule has 3 aromatic carbocycles. The van der Waals surface area contributed by atoms with Gasteiger partial charge in [-0.25, -0.2) is 8.42 Å². The van der Waals surface area contributed by atoms with Crippen molar-refractivity contribution in [2.24, 2.45) is 0 Å². The van der Waals surface area contributed by atoms with Crippen LogP contribution in [0.25, 0.3) is 5.70 Å². The van der Waals surface area contributed by atoms with Crippen LogP contribution in [0.2, 0.25) is 0 Å². The number of amides is 1. The Balaban J connectivity index is 1.34. The highest BCUT2D eigenvalue weighted by atomic mass is 32.2. The van der Waals surface area contributed by atoms with Crippen LogP contribution >= 0.6 is 0 Å². The third kappa shape index (κ3) is 8.82. The number of Topliss-reactive ketones (excluding diaryl/α,β-unsaturated/α-hetero) is 1. The topological polar surface area (TPSA) is 123 Å². The Bertz CT molecular complexity index is 1520. The number of ketones is 1. The molecule has 0 radical (unpaired) electrons. The summed E-state index contributed by atoms with van der Waals surface area (Å²) in [4.78, 5) is 27.1. The van der Waals surface area contributed by atoms with Crippen LogP contribution < -0.4 is 19.5 Å². The van der Waals surface area contributed by atoms with E-state index in [1.54, 1.807) is 13.2 Å². The molecule has 1 heterocycles. The van der Waals surface area contributed by atoms with Crippen LogP contribution in [0.15, 0.2) is 79.0 Å². The molecule has 0 aliphatic carbocycles. The molecule has 0 fully saturated rings. The van der Waals surface area contributed by atoms with E-state index in [1.165, 1.54) is 0 Å². The third-order valence-corrected chi connectivity index (χ3v) is 7.03. The molecule has 42 heavy (non-hydrogen) atoms. The lowest BCUT2D eigenvalue weighted by atomic mass is 10.1. The largest absolute Gasteiger partial charge is 0.497 e. The Kier molecular flexibility index (Phi) is 10.2. The lowest BCUT2D eigenvalue weighted by Gasteiger charge is -2.24. The van der Waals surface area contributed by atoms with Crippen molar-refractivity contribution < 1.29 is 32.2 Å². The fraction of sp³-hybridized carbons (Fsp3) is 0.290. The second kappa shape index (κ2) is 14.0. The van der Waals surface area contributed by atoms with Gasteiger partial charge in [0.2, 0.25) is 15.8 Å². The molecule has 0 spiro atoms. The van der Waals surface area contributed by atoms with Crippen LogP contribution in [0, 0.1) is 6.92 Å². The maximum Gasteiger partial charge on any atom is 0.259 e. The zero-order valence-electron chi connectivity index (χ0n) is 23.8. The Hall–Kier alpha value is -4.35. The Morgan fingerprint density at radius 3 is 2.43 bits per heavy atom. The number of hydrogen-bond acceptors (Lipinski definition) is 9. The summed E-state index contributed by atoms with van der Waals surface area (Å²) in [7, 11) is -2.00. The summed E-state index contributed by atoms with van der Waals surface area (Å²) < 4.78 is 40.6. The Morgan fingerprint density at radius 2 is 1.74 bits per heavy atom. The van der Waals surface area contributed by atoms with Gasteiger partial charge in [0.05, 0.1) is 32.3 Å². The fourth-order valence-electron chi connectivity index (χ4n) is 4.38. The van der Waals surface area contributed by atoms with Gasteiger partial charge in [0.1, 0.15) is 18.1 Å². The summed E-state index contributed by atoms with van der Waals surface area (Å²) in [6, 6.07) is 22.5. The first-order valence-electron chi connectivity index (χ1n) is 13.4. The van der Waals surface area contributed by atoms with Gasteiger partial charge in [-0.15, -0.1) is 0 Å². The van der Waals surface area contributed by atoms with E-state index in [4.69, 9.17) is 14.2 Å². The lowest BCUT2D eigenvalue weighted by Crippen LogP contribution is -2.43. The minimum Gasteiger partial charge on any atom is -0.497 e. The summed E-state index contributed by atoms with van der Waals surface area (Å²) in [5.41, 5.74) is 4.30. The Labute approximate surface area is 246 Å². The number of nitrogens with zero attached hydrogens (tertiary/aromatic N) is 1. The molecule has 0 aromatic heterocycles. The summed E-state index contributed by atoms with van der Waals surface area (Å²) in [5, 5.41) is 3.39. The summed E-state index contributed by atoms with van der Waals surface area (Å²) in [5.74, 6) is 0.642. The van der Waals surface area contributed by atoms with Crippen molar-refractivity contribution in [2.75, 3.05) is 33.1 Å². The van der Waals surface area contributed by atoms with Gasteiger partial charge < -0.3 is 24.4 Å². The van der Waals surface area contributed by atoms with Crippen LogP contribution in [-0.4, -0.2) is 64.3 Å². The van der Waals surface area contributed by atoms with Gasteiger partial charge in [-0.2, -0.15) is 0 Å². The number of rotatable bonds is 14. The van der Waals surface area contributed by atoms with Gasteiger partial charge in [-0.3, -0.25) is 14.3 Å². The monoisotopic (exact) mass is 593 g/mol. The van der Waals surface area contributed by atoms with E-state index in [2.05, 4.69) is 5.32 Å². The quantitative estimate of drug-likeness (QED) is 0.214. The molecule has 1 aliphatic heterocycles. The molecule has 1 unspecified atom stereocenters. The maximum absolute atomic E-state index is 13.5. The van der Waals surface area contributed by atoms with Crippen molar-refractivity contribution in [3.8, 4) is 11.5 Å². The van der Waals surface area contributed by atoms with E-state index in [9.17, 15) is 18.0 Å². The molecular formula is C31H35N3O7S.